The number of ether oxygens (including phenoxy) is 3. The average Bonchev–Trinajstić information content (AvgIpc) is 2.87. The normalized spacial score (nSPS) is 15.0. The van der Waals surface area contributed by atoms with Crippen molar-refractivity contribution in [2.24, 2.45) is 0 Å². The topological polar surface area (TPSA) is 94.1 Å². The first-order valence-corrected chi connectivity index (χ1v) is 12.3. The molecule has 1 atom stereocenters. The van der Waals surface area contributed by atoms with E-state index in [0.717, 1.165) is 0 Å². The van der Waals surface area contributed by atoms with Gasteiger partial charge in [0.1, 0.15) is 11.5 Å². The molecule has 1 aliphatic carbocycles. The Kier molecular flexibility index (Phi) is 9.55. The van der Waals surface area contributed by atoms with Crippen LogP contribution < -0.4 is 14.8 Å². The third-order valence-corrected chi connectivity index (χ3v) is 6.52. The molecule has 0 heterocycles. The molecular formula is C28H37NO6. The minimum absolute atomic E-state index is 0.129. The fraction of sp³-hybridized carbons (Fsp3) is 0.500. The van der Waals surface area contributed by atoms with E-state index < -0.39 is 12.1 Å². The molecule has 2 aromatic carbocycles. The van der Waals surface area contributed by atoms with E-state index >= 15 is 0 Å². The van der Waals surface area contributed by atoms with E-state index in [1.165, 1.54) is 44.8 Å². The van der Waals surface area contributed by atoms with Crippen LogP contribution in [0.5, 0.6) is 11.5 Å². The van der Waals surface area contributed by atoms with E-state index in [9.17, 15) is 14.7 Å². The van der Waals surface area contributed by atoms with Gasteiger partial charge >= 0.3 is 5.97 Å². The van der Waals surface area contributed by atoms with Crippen molar-refractivity contribution in [2.75, 3.05) is 14.2 Å². The molecule has 1 aliphatic rings. The van der Waals surface area contributed by atoms with Crippen molar-refractivity contribution >= 4 is 11.9 Å². The molecule has 2 aromatic rings. The minimum atomic E-state index is -1.04. The van der Waals surface area contributed by atoms with Gasteiger partial charge in [0.25, 0.3) is 5.91 Å². The molecule has 0 spiro atoms. The van der Waals surface area contributed by atoms with E-state index in [-0.39, 0.29) is 25.0 Å². The molecule has 1 amide bonds. The summed E-state index contributed by atoms with van der Waals surface area (Å²) >= 11 is 0. The lowest BCUT2D eigenvalue weighted by Crippen LogP contribution is -2.29. The highest BCUT2D eigenvalue weighted by molar-refractivity contribution is 5.94. The first-order valence-electron chi connectivity index (χ1n) is 12.3. The van der Waals surface area contributed by atoms with Gasteiger partial charge in [-0.25, -0.2) is 4.79 Å². The summed E-state index contributed by atoms with van der Waals surface area (Å²) in [4.78, 5) is 24.6. The molecule has 2 N–H and O–H groups in total. The molecule has 190 valence electrons. The second kappa shape index (κ2) is 12.6. The molecule has 1 unspecified atom stereocenters. The Morgan fingerprint density at radius 2 is 1.69 bits per heavy atom. The van der Waals surface area contributed by atoms with E-state index in [0.29, 0.717) is 34.1 Å². The highest BCUT2D eigenvalue weighted by Gasteiger charge is 2.24. The largest absolute Gasteiger partial charge is 0.496 e. The Morgan fingerprint density at radius 1 is 1.00 bits per heavy atom. The molecule has 0 aliphatic heterocycles. The number of hydrogen-bond acceptors (Lipinski definition) is 5. The maximum Gasteiger partial charge on any atom is 0.333 e. The molecule has 1 saturated carbocycles. The fourth-order valence-corrected chi connectivity index (χ4v) is 4.77. The zero-order valence-corrected chi connectivity index (χ0v) is 21.1. The first kappa shape index (κ1) is 26.5. The van der Waals surface area contributed by atoms with Gasteiger partial charge in [-0.05, 0) is 61.9 Å². The van der Waals surface area contributed by atoms with E-state index in [1.807, 2.05) is 12.1 Å². The van der Waals surface area contributed by atoms with Crippen LogP contribution >= 0.6 is 0 Å². The van der Waals surface area contributed by atoms with Crippen LogP contribution in [0, 0.1) is 0 Å². The number of carbonyl (C=O) groups is 2. The molecule has 1 fully saturated rings. The van der Waals surface area contributed by atoms with Gasteiger partial charge in [-0.1, -0.05) is 37.5 Å². The number of aliphatic carboxylic acids is 1. The molecule has 0 saturated heterocycles. The number of methoxy groups -OCH3 is 2. The fourth-order valence-electron chi connectivity index (χ4n) is 4.77. The van der Waals surface area contributed by atoms with Crippen LogP contribution in [-0.4, -0.2) is 43.4 Å². The van der Waals surface area contributed by atoms with Gasteiger partial charge in [-0.3, -0.25) is 4.79 Å². The van der Waals surface area contributed by atoms with Crippen LogP contribution in [-0.2, 0) is 22.5 Å². The molecule has 0 radical (unpaired) electrons. The molecule has 0 aromatic heterocycles. The van der Waals surface area contributed by atoms with Crippen molar-refractivity contribution < 1.29 is 28.9 Å². The molecule has 35 heavy (non-hydrogen) atoms. The first-order chi connectivity index (χ1) is 16.8. The maximum atomic E-state index is 12.9. The van der Waals surface area contributed by atoms with Crippen molar-refractivity contribution in [3.05, 3.63) is 58.7 Å². The van der Waals surface area contributed by atoms with Crippen LogP contribution in [0.25, 0.3) is 0 Å². The quantitative estimate of drug-likeness (QED) is 0.462. The second-order valence-corrected chi connectivity index (χ2v) is 9.29. The van der Waals surface area contributed by atoms with Gasteiger partial charge in [0.15, 0.2) is 6.10 Å². The lowest BCUT2D eigenvalue weighted by atomic mass is 9.84. The van der Waals surface area contributed by atoms with E-state index in [2.05, 4.69) is 17.4 Å². The Balaban J connectivity index is 1.75. The van der Waals surface area contributed by atoms with Crippen LogP contribution in [0.15, 0.2) is 36.4 Å². The Labute approximate surface area is 207 Å². The standard InChI is InChI=1S/C28H37NO6/c1-18(2)35-25(28(31)32)16-22-14-15-24(33-3)23(26(22)34-4)17-29-27(30)21-12-10-20(11-13-21)19-8-6-5-7-9-19/h10-15,18-19,25H,5-9,16-17H2,1-4H3,(H,29,30)(H,31,32). The molecule has 7 nitrogen and oxygen atoms in total. The second-order valence-electron chi connectivity index (χ2n) is 9.29. The zero-order chi connectivity index (χ0) is 25.4. The number of amides is 1. The van der Waals surface area contributed by atoms with Gasteiger partial charge in [0.05, 0.1) is 32.4 Å². The predicted molar refractivity (Wildman–Crippen MR) is 134 cm³/mol. The summed E-state index contributed by atoms with van der Waals surface area (Å²) in [5.41, 5.74) is 3.21. The van der Waals surface area contributed by atoms with Gasteiger partial charge in [0, 0.05) is 12.0 Å². The average molecular weight is 484 g/mol. The molecule has 3 rings (SSSR count). The Hall–Kier alpha value is -3.06. The molecule has 0 bridgehead atoms. The van der Waals surface area contributed by atoms with Crippen LogP contribution in [0.2, 0.25) is 0 Å². The summed E-state index contributed by atoms with van der Waals surface area (Å²) in [7, 11) is 3.07. The Morgan fingerprint density at radius 3 is 2.26 bits per heavy atom. The molecule has 7 heteroatoms. The number of carbonyl (C=O) groups excluding carboxylic acids is 1. The summed E-state index contributed by atoms with van der Waals surface area (Å²) in [5.74, 6) is 0.391. The number of rotatable bonds is 11. The van der Waals surface area contributed by atoms with Crippen molar-refractivity contribution in [1.29, 1.82) is 0 Å². The van der Waals surface area contributed by atoms with Crippen LogP contribution in [0.3, 0.4) is 0 Å². The van der Waals surface area contributed by atoms with Crippen LogP contribution in [0.1, 0.15) is 78.9 Å². The summed E-state index contributed by atoms with van der Waals surface area (Å²) in [6.45, 7) is 3.76. The summed E-state index contributed by atoms with van der Waals surface area (Å²) in [6.07, 6.45) is 5.17. The number of benzene rings is 2. The SMILES string of the molecule is COc1ccc(CC(OC(C)C)C(=O)O)c(OC)c1CNC(=O)c1ccc(C2CCCCC2)cc1. The van der Waals surface area contributed by atoms with Gasteiger partial charge in [-0.15, -0.1) is 0 Å². The summed E-state index contributed by atoms with van der Waals surface area (Å²) in [5, 5.41) is 12.5. The third kappa shape index (κ3) is 6.98. The monoisotopic (exact) mass is 483 g/mol. The summed E-state index contributed by atoms with van der Waals surface area (Å²) in [6, 6.07) is 11.4. The van der Waals surface area contributed by atoms with Crippen molar-refractivity contribution in [1.82, 2.24) is 5.32 Å². The van der Waals surface area contributed by atoms with Crippen molar-refractivity contribution in [3.63, 3.8) is 0 Å². The lowest BCUT2D eigenvalue weighted by molar-refractivity contribution is -0.153. The Bertz CT molecular complexity index is 995. The van der Waals surface area contributed by atoms with Crippen molar-refractivity contribution in [3.8, 4) is 11.5 Å². The number of carboxylic acid groups (broad SMARTS) is 1. The smallest absolute Gasteiger partial charge is 0.333 e. The highest BCUT2D eigenvalue weighted by Crippen LogP contribution is 2.34. The lowest BCUT2D eigenvalue weighted by Gasteiger charge is -2.22. The van der Waals surface area contributed by atoms with Gasteiger partial charge in [-0.2, -0.15) is 0 Å². The van der Waals surface area contributed by atoms with Crippen molar-refractivity contribution in [2.45, 2.75) is 77.0 Å². The van der Waals surface area contributed by atoms with Crippen LogP contribution in [0.4, 0.5) is 0 Å². The number of hydrogen-bond donors (Lipinski definition) is 2. The van der Waals surface area contributed by atoms with E-state index in [4.69, 9.17) is 14.2 Å². The van der Waals surface area contributed by atoms with Gasteiger partial charge in [0.2, 0.25) is 0 Å². The minimum Gasteiger partial charge on any atom is -0.496 e. The maximum absolute atomic E-state index is 12.9. The van der Waals surface area contributed by atoms with Gasteiger partial charge < -0.3 is 24.6 Å². The number of carboxylic acids is 1. The van der Waals surface area contributed by atoms with E-state index in [1.54, 1.807) is 33.1 Å². The number of nitrogens with one attached hydrogen (secondary N) is 1. The zero-order valence-electron chi connectivity index (χ0n) is 21.1. The predicted octanol–water partition coefficient (Wildman–Crippen LogP) is 5.10. The molecular weight excluding hydrogens is 446 g/mol. The highest BCUT2D eigenvalue weighted by atomic mass is 16.5. The third-order valence-electron chi connectivity index (χ3n) is 6.52. The summed E-state index contributed by atoms with van der Waals surface area (Å²) < 4.78 is 16.7.